The molecule has 0 saturated carbocycles. The van der Waals surface area contributed by atoms with Crippen molar-refractivity contribution in [3.63, 3.8) is 0 Å². The monoisotopic (exact) mass is 953 g/mol. The number of nitrogens with zero attached hydrogens (tertiary/aromatic N) is 3. The lowest BCUT2D eigenvalue weighted by Gasteiger charge is -2.24. The van der Waals surface area contributed by atoms with Gasteiger partial charge in [0.2, 0.25) is 0 Å². The largest absolute Gasteiger partial charge is 0.485 e. The first-order valence-electron chi connectivity index (χ1n) is 15.9. The van der Waals surface area contributed by atoms with Gasteiger partial charge in [0.15, 0.2) is 0 Å². The minimum absolute atomic E-state index is 0.0506. The number of aromatic nitrogens is 3. The van der Waals surface area contributed by atoms with Crippen LogP contribution in [0.4, 0.5) is 82.0 Å². The Balaban J connectivity index is 1.37. The molecule has 0 radical (unpaired) electrons. The van der Waals surface area contributed by atoms with Crippen LogP contribution >= 0.6 is 22.6 Å². The Bertz CT molecular complexity index is 2300. The second-order valence-corrected chi connectivity index (χ2v) is 13.6. The number of urea groups is 1. The van der Waals surface area contributed by atoms with E-state index in [1.165, 1.54) is 0 Å². The van der Waals surface area contributed by atoms with Gasteiger partial charge in [0, 0.05) is 17.7 Å². The molecule has 5 aromatic rings. The van der Waals surface area contributed by atoms with Gasteiger partial charge >= 0.3 is 36.9 Å². The molecular weight excluding hydrogens is 934 g/mol. The number of amides is 2. The number of hydrogen-bond acceptors (Lipinski definition) is 4. The van der Waals surface area contributed by atoms with Gasteiger partial charge in [0.05, 0.1) is 33.5 Å². The highest BCUT2D eigenvalue weighted by atomic mass is 127. The van der Waals surface area contributed by atoms with E-state index in [0.29, 0.717) is 35.4 Å². The Morgan fingerprint density at radius 2 is 1.17 bits per heavy atom. The zero-order valence-corrected chi connectivity index (χ0v) is 30.2. The summed E-state index contributed by atoms with van der Waals surface area (Å²) in [6.07, 6.45) is -27.3. The molecule has 1 aromatic heterocycles. The van der Waals surface area contributed by atoms with Crippen LogP contribution in [0.2, 0.25) is 0 Å². The number of alkyl halides is 15. The van der Waals surface area contributed by atoms with E-state index >= 15 is 0 Å². The number of rotatable bonds is 6. The molecule has 1 aliphatic rings. The normalized spacial score (nSPS) is 16.3. The first-order valence-corrected chi connectivity index (χ1v) is 17.0. The maximum absolute atomic E-state index is 13.8. The van der Waals surface area contributed by atoms with Gasteiger partial charge in [-0.1, -0.05) is 29.5 Å². The summed E-state index contributed by atoms with van der Waals surface area (Å²) < 4.78 is 211. The molecule has 2 atom stereocenters. The van der Waals surface area contributed by atoms with E-state index in [1.54, 1.807) is 52.2 Å². The number of carbonyl (C=O) groups excluding carboxylic acids is 1. The second-order valence-electron chi connectivity index (χ2n) is 12.6. The summed E-state index contributed by atoms with van der Waals surface area (Å²) >= 11 is 1.58. The van der Waals surface area contributed by atoms with Crippen LogP contribution in [0.5, 0.6) is 5.75 Å². The molecule has 0 spiro atoms. The van der Waals surface area contributed by atoms with Gasteiger partial charge < -0.3 is 15.4 Å². The Kier molecular flexibility index (Phi) is 10.9. The second kappa shape index (κ2) is 14.9. The van der Waals surface area contributed by atoms with Crippen molar-refractivity contribution in [3.8, 4) is 17.0 Å². The highest BCUT2D eigenvalue weighted by Gasteiger charge is 2.42. The summed E-state index contributed by atoms with van der Waals surface area (Å²) in [7, 11) is 0. The van der Waals surface area contributed by atoms with Crippen LogP contribution in [0.15, 0.2) is 78.9 Å². The van der Waals surface area contributed by atoms with Gasteiger partial charge in [0.25, 0.3) is 0 Å². The number of hydrogen-bond donors (Lipinski definition) is 2. The minimum Gasteiger partial charge on any atom is -0.485 e. The van der Waals surface area contributed by atoms with E-state index in [0.717, 1.165) is 10.7 Å². The third-order valence-corrected chi connectivity index (χ3v) is 9.59. The third kappa shape index (κ3) is 9.07. The number of ether oxygens (including phenoxy) is 1. The molecule has 0 unspecified atom stereocenters. The Morgan fingerprint density at radius 3 is 1.71 bits per heavy atom. The van der Waals surface area contributed by atoms with E-state index in [4.69, 9.17) is 4.74 Å². The standard InChI is InChI=1S/C35H19F15IN5O2/c36-31(37,38)17-5-6-25(24(14-17)53-30(57)52-22-12-20(34(45,46)47)11-21(13-22)35(48,49)50)58-26-9-15-3-1-2-4-23(15)28(26)56-29(51)27(54-55-56)16-7-18(32(39,40)41)10-19(8-16)33(42,43)44/h1-8,10-14,26,28H,9H2,(H2,52,53,57)/t26-,28-/m1/s1. The summed E-state index contributed by atoms with van der Waals surface area (Å²) in [6, 6.07) is 6.25. The zero-order valence-electron chi connectivity index (χ0n) is 28.1. The smallest absolute Gasteiger partial charge is 0.416 e. The fraction of sp³-hybridized carbons (Fsp3) is 0.229. The molecule has 1 aliphatic carbocycles. The van der Waals surface area contributed by atoms with Crippen LogP contribution in [0.1, 0.15) is 45.0 Å². The van der Waals surface area contributed by atoms with Gasteiger partial charge in [-0.25, -0.2) is 9.48 Å². The molecule has 2 N–H and O–H groups in total. The van der Waals surface area contributed by atoms with Crippen LogP contribution in [-0.2, 0) is 37.3 Å². The minimum atomic E-state index is -5.30. The fourth-order valence-electron chi connectivity index (χ4n) is 6.04. The van der Waals surface area contributed by atoms with Crippen molar-refractivity contribution >= 4 is 40.0 Å². The van der Waals surface area contributed by atoms with Crippen LogP contribution in [0, 0.1) is 3.70 Å². The molecule has 58 heavy (non-hydrogen) atoms. The number of nitrogens with one attached hydrogen (secondary N) is 2. The van der Waals surface area contributed by atoms with Gasteiger partial charge in [-0.2, -0.15) is 65.9 Å². The van der Waals surface area contributed by atoms with Crippen molar-refractivity contribution in [2.75, 3.05) is 10.6 Å². The van der Waals surface area contributed by atoms with Crippen molar-refractivity contribution in [3.05, 3.63) is 122 Å². The van der Waals surface area contributed by atoms with Gasteiger partial charge in [0.1, 0.15) is 27.3 Å². The number of benzene rings is 4. The SMILES string of the molecule is O=C(Nc1cc(C(F)(F)F)cc(C(F)(F)F)c1)Nc1cc(C(F)(F)F)ccc1O[C@@H]1Cc2ccccc2[C@H]1n1nnc(-c2cc(C(F)(F)F)cc(C(F)(F)F)c2)c1I. The van der Waals surface area contributed by atoms with Crippen molar-refractivity contribution < 1.29 is 75.4 Å². The number of halogens is 16. The first kappa shape index (κ1) is 42.4. The highest BCUT2D eigenvalue weighted by Crippen LogP contribution is 2.44. The van der Waals surface area contributed by atoms with E-state index < -0.39 is 105 Å². The fourth-order valence-corrected chi connectivity index (χ4v) is 6.86. The van der Waals surface area contributed by atoms with Crippen LogP contribution in [0.25, 0.3) is 11.3 Å². The van der Waals surface area contributed by atoms with E-state index in [1.807, 2.05) is 5.32 Å². The maximum atomic E-state index is 13.8. The summed E-state index contributed by atoms with van der Waals surface area (Å²) in [6.45, 7) is 0. The molecule has 4 aromatic carbocycles. The molecule has 23 heteroatoms. The number of carbonyl (C=O) groups is 1. The van der Waals surface area contributed by atoms with Crippen molar-refractivity contribution in [1.29, 1.82) is 0 Å². The average molecular weight is 953 g/mol. The van der Waals surface area contributed by atoms with Gasteiger partial charge in [-0.15, -0.1) is 5.10 Å². The lowest BCUT2D eigenvalue weighted by molar-refractivity contribution is -0.144. The molecule has 7 nitrogen and oxygen atoms in total. The molecule has 0 bridgehead atoms. The lowest BCUT2D eigenvalue weighted by Crippen LogP contribution is -2.29. The summed E-state index contributed by atoms with van der Waals surface area (Å²) in [4.78, 5) is 13.0. The predicted molar refractivity (Wildman–Crippen MR) is 181 cm³/mol. The van der Waals surface area contributed by atoms with Crippen LogP contribution in [-0.4, -0.2) is 27.1 Å². The van der Waals surface area contributed by atoms with Crippen molar-refractivity contribution in [2.45, 2.75) is 49.4 Å². The van der Waals surface area contributed by atoms with E-state index in [-0.39, 0.29) is 34.4 Å². The topological polar surface area (TPSA) is 81.1 Å². The van der Waals surface area contributed by atoms with Crippen LogP contribution in [0.3, 0.4) is 0 Å². The van der Waals surface area contributed by atoms with Crippen LogP contribution < -0.4 is 15.4 Å². The van der Waals surface area contributed by atoms with Gasteiger partial charge in [-0.05, 0) is 88.3 Å². The molecule has 0 saturated heterocycles. The Hall–Kier alpha value is -5.23. The van der Waals surface area contributed by atoms with Crippen molar-refractivity contribution in [1.82, 2.24) is 15.0 Å². The summed E-state index contributed by atoms with van der Waals surface area (Å²) in [5, 5.41) is 11.5. The molecule has 0 aliphatic heterocycles. The Morgan fingerprint density at radius 1 is 0.655 bits per heavy atom. The van der Waals surface area contributed by atoms with E-state index in [9.17, 15) is 70.7 Å². The molecule has 308 valence electrons. The molecule has 1 heterocycles. The quantitative estimate of drug-likeness (QED) is 0.131. The summed E-state index contributed by atoms with van der Waals surface area (Å²) in [5.74, 6) is -0.506. The maximum Gasteiger partial charge on any atom is 0.416 e. The molecular formula is C35H19F15IN5O2. The Labute approximate surface area is 328 Å². The molecule has 6 rings (SSSR count). The number of anilines is 2. The molecule has 2 amide bonds. The third-order valence-electron chi connectivity index (χ3n) is 8.59. The van der Waals surface area contributed by atoms with Gasteiger partial charge in [-0.3, -0.25) is 0 Å². The predicted octanol–water partition coefficient (Wildman–Crippen LogP) is 11.9. The summed E-state index contributed by atoms with van der Waals surface area (Å²) in [5.41, 5.74) is -10.0. The lowest BCUT2D eigenvalue weighted by atomic mass is 10.0. The highest BCUT2D eigenvalue weighted by molar-refractivity contribution is 14.1. The molecule has 0 fully saturated rings. The van der Waals surface area contributed by atoms with E-state index in [2.05, 4.69) is 10.3 Å². The number of fused-ring (bicyclic) bond motifs is 1. The first-order chi connectivity index (χ1) is 26.7. The van der Waals surface area contributed by atoms with Crippen molar-refractivity contribution in [2.24, 2.45) is 0 Å². The average Bonchev–Trinajstić information content (AvgIpc) is 3.65. The zero-order chi connectivity index (χ0) is 42.7.